The van der Waals surface area contributed by atoms with Gasteiger partial charge in [-0.25, -0.2) is 9.59 Å². The smallest absolute Gasteiger partial charge is 0.326 e. The molecule has 0 saturated heterocycles. The molecular weight excluding hydrogens is 320 g/mol. The third kappa shape index (κ3) is 5.60. The lowest BCUT2D eigenvalue weighted by atomic mass is 10.2. The first-order chi connectivity index (χ1) is 9.43. The van der Waals surface area contributed by atoms with Gasteiger partial charge in [-0.2, -0.15) is 11.8 Å². The molecule has 0 fully saturated rings. The Labute approximate surface area is 131 Å². The molecule has 5 nitrogen and oxygen atoms in total. The van der Waals surface area contributed by atoms with Crippen LogP contribution in [-0.4, -0.2) is 35.2 Å². The predicted octanol–water partition coefficient (Wildman–Crippen LogP) is 2.97. The SMILES string of the molecule is CSCC[C@@H](NC(=O)NC(C)c1ccc(Cl)s1)C(=O)O. The number of amides is 2. The molecule has 2 amide bonds. The summed E-state index contributed by atoms with van der Waals surface area (Å²) in [7, 11) is 0. The normalized spacial score (nSPS) is 13.6. The van der Waals surface area contributed by atoms with Crippen molar-refractivity contribution in [3.8, 4) is 0 Å². The molecule has 0 radical (unpaired) electrons. The van der Waals surface area contributed by atoms with Gasteiger partial charge in [0.15, 0.2) is 0 Å². The summed E-state index contributed by atoms with van der Waals surface area (Å²) in [4.78, 5) is 23.7. The van der Waals surface area contributed by atoms with Crippen LogP contribution >= 0.6 is 34.7 Å². The molecule has 1 rings (SSSR count). The molecule has 1 aromatic heterocycles. The standard InChI is InChI=1S/C12H17ClN2O3S2/c1-7(9-3-4-10(13)20-9)14-12(18)15-8(11(16)17)5-6-19-2/h3-4,7-8H,5-6H2,1-2H3,(H,16,17)(H2,14,15,18)/t7?,8-/m1/s1. The summed E-state index contributed by atoms with van der Waals surface area (Å²) in [5.41, 5.74) is 0. The van der Waals surface area contributed by atoms with Crippen molar-refractivity contribution in [3.63, 3.8) is 0 Å². The summed E-state index contributed by atoms with van der Waals surface area (Å²) >= 11 is 8.75. The highest BCUT2D eigenvalue weighted by Gasteiger charge is 2.20. The van der Waals surface area contributed by atoms with Gasteiger partial charge in [-0.1, -0.05) is 11.6 Å². The van der Waals surface area contributed by atoms with Crippen molar-refractivity contribution >= 4 is 46.7 Å². The zero-order valence-electron chi connectivity index (χ0n) is 11.2. The van der Waals surface area contributed by atoms with Gasteiger partial charge >= 0.3 is 12.0 Å². The van der Waals surface area contributed by atoms with E-state index in [1.165, 1.54) is 23.1 Å². The second-order valence-corrected chi connectivity index (χ2v) is 6.89. The molecule has 1 unspecified atom stereocenters. The number of urea groups is 1. The molecule has 2 atom stereocenters. The number of carboxylic acids is 1. The molecule has 1 aromatic rings. The van der Waals surface area contributed by atoms with Crippen LogP contribution in [0.15, 0.2) is 12.1 Å². The minimum Gasteiger partial charge on any atom is -0.480 e. The van der Waals surface area contributed by atoms with E-state index in [4.69, 9.17) is 16.7 Å². The molecule has 20 heavy (non-hydrogen) atoms. The monoisotopic (exact) mass is 336 g/mol. The van der Waals surface area contributed by atoms with Gasteiger partial charge in [0.1, 0.15) is 6.04 Å². The summed E-state index contributed by atoms with van der Waals surface area (Å²) in [6.45, 7) is 1.82. The van der Waals surface area contributed by atoms with E-state index in [0.29, 0.717) is 16.5 Å². The van der Waals surface area contributed by atoms with Crippen LogP contribution in [0.25, 0.3) is 0 Å². The van der Waals surface area contributed by atoms with Crippen molar-refractivity contribution in [2.24, 2.45) is 0 Å². The lowest BCUT2D eigenvalue weighted by molar-refractivity contribution is -0.139. The first-order valence-electron chi connectivity index (χ1n) is 5.98. The second-order valence-electron chi connectivity index (χ2n) is 4.15. The van der Waals surface area contributed by atoms with Crippen LogP contribution in [0.4, 0.5) is 4.79 Å². The summed E-state index contributed by atoms with van der Waals surface area (Å²) in [5.74, 6) is -0.353. The van der Waals surface area contributed by atoms with E-state index in [9.17, 15) is 9.59 Å². The van der Waals surface area contributed by atoms with Crippen LogP contribution in [-0.2, 0) is 4.79 Å². The number of carbonyl (C=O) groups excluding carboxylic acids is 1. The van der Waals surface area contributed by atoms with E-state index >= 15 is 0 Å². The van der Waals surface area contributed by atoms with Crippen molar-refractivity contribution in [2.75, 3.05) is 12.0 Å². The van der Waals surface area contributed by atoms with Crippen LogP contribution in [0.2, 0.25) is 4.34 Å². The fourth-order valence-corrected chi connectivity index (χ4v) is 3.06. The molecule has 0 bridgehead atoms. The van der Waals surface area contributed by atoms with Gasteiger partial charge in [-0.15, -0.1) is 11.3 Å². The molecule has 0 aliphatic rings. The highest BCUT2D eigenvalue weighted by Crippen LogP contribution is 2.26. The van der Waals surface area contributed by atoms with Crippen LogP contribution in [0.1, 0.15) is 24.3 Å². The number of thioether (sulfide) groups is 1. The zero-order valence-corrected chi connectivity index (χ0v) is 13.6. The highest BCUT2D eigenvalue weighted by molar-refractivity contribution is 7.98. The highest BCUT2D eigenvalue weighted by atomic mass is 35.5. The number of carbonyl (C=O) groups is 2. The minimum atomic E-state index is -1.03. The van der Waals surface area contributed by atoms with Crippen molar-refractivity contribution in [3.05, 3.63) is 21.3 Å². The lowest BCUT2D eigenvalue weighted by Gasteiger charge is -2.17. The second kappa shape index (κ2) is 8.39. The maximum Gasteiger partial charge on any atom is 0.326 e. The number of carboxylic acid groups (broad SMARTS) is 1. The molecule has 0 aromatic carbocycles. The Bertz CT molecular complexity index is 467. The Morgan fingerprint density at radius 3 is 2.65 bits per heavy atom. The van der Waals surface area contributed by atoms with Gasteiger partial charge in [-0.05, 0) is 37.5 Å². The molecule has 0 spiro atoms. The first-order valence-corrected chi connectivity index (χ1v) is 8.57. The predicted molar refractivity (Wildman–Crippen MR) is 83.8 cm³/mol. The Morgan fingerprint density at radius 1 is 1.45 bits per heavy atom. The molecule has 112 valence electrons. The van der Waals surface area contributed by atoms with Crippen LogP contribution in [0, 0.1) is 0 Å². The van der Waals surface area contributed by atoms with Gasteiger partial charge in [0.2, 0.25) is 0 Å². The van der Waals surface area contributed by atoms with Crippen LogP contribution in [0.5, 0.6) is 0 Å². The van der Waals surface area contributed by atoms with E-state index in [1.54, 1.807) is 6.07 Å². The quantitative estimate of drug-likeness (QED) is 0.715. The van der Waals surface area contributed by atoms with E-state index in [0.717, 1.165) is 4.88 Å². The molecule has 3 N–H and O–H groups in total. The lowest BCUT2D eigenvalue weighted by Crippen LogP contribution is -2.46. The summed E-state index contributed by atoms with van der Waals surface area (Å²) in [6, 6.07) is 2.01. The minimum absolute atomic E-state index is 0.220. The van der Waals surface area contributed by atoms with Gasteiger partial charge in [-0.3, -0.25) is 0 Å². The number of hydrogen-bond donors (Lipinski definition) is 3. The Hall–Kier alpha value is -0.920. The first kappa shape index (κ1) is 17.1. The van der Waals surface area contributed by atoms with Crippen molar-refractivity contribution in [2.45, 2.75) is 25.4 Å². The maximum atomic E-state index is 11.8. The largest absolute Gasteiger partial charge is 0.480 e. The number of thiophene rings is 1. The van der Waals surface area contributed by atoms with Gasteiger partial charge < -0.3 is 15.7 Å². The number of nitrogens with one attached hydrogen (secondary N) is 2. The Kier molecular flexibility index (Phi) is 7.18. The summed E-state index contributed by atoms with van der Waals surface area (Å²) in [5, 5.41) is 14.2. The third-order valence-electron chi connectivity index (χ3n) is 2.58. The fraction of sp³-hybridized carbons (Fsp3) is 0.500. The zero-order chi connectivity index (χ0) is 15.1. The van der Waals surface area contributed by atoms with Gasteiger partial charge in [0.25, 0.3) is 0 Å². The number of hydrogen-bond acceptors (Lipinski definition) is 4. The molecule has 0 aliphatic heterocycles. The summed E-state index contributed by atoms with van der Waals surface area (Å²) < 4.78 is 0.650. The number of aliphatic carboxylic acids is 1. The Balaban J connectivity index is 2.50. The van der Waals surface area contributed by atoms with E-state index < -0.39 is 18.0 Å². The average Bonchev–Trinajstić information content (AvgIpc) is 2.80. The molecule has 0 saturated carbocycles. The molecule has 1 heterocycles. The number of halogens is 1. The summed E-state index contributed by atoms with van der Waals surface area (Å²) in [6.07, 6.45) is 2.28. The topological polar surface area (TPSA) is 78.4 Å². The average molecular weight is 337 g/mol. The molecular formula is C12H17ClN2O3S2. The van der Waals surface area contributed by atoms with Crippen molar-refractivity contribution in [1.82, 2.24) is 10.6 Å². The maximum absolute atomic E-state index is 11.8. The molecule has 0 aliphatic carbocycles. The van der Waals surface area contributed by atoms with Crippen molar-refractivity contribution < 1.29 is 14.7 Å². The Morgan fingerprint density at radius 2 is 2.15 bits per heavy atom. The number of rotatable bonds is 7. The van der Waals surface area contributed by atoms with Crippen LogP contribution < -0.4 is 10.6 Å². The molecule has 8 heteroatoms. The fourth-order valence-electron chi connectivity index (χ4n) is 1.52. The van der Waals surface area contributed by atoms with Gasteiger partial charge in [0, 0.05) is 4.88 Å². The third-order valence-corrected chi connectivity index (χ3v) is 4.64. The van der Waals surface area contributed by atoms with E-state index in [1.807, 2.05) is 19.2 Å². The van der Waals surface area contributed by atoms with Crippen molar-refractivity contribution in [1.29, 1.82) is 0 Å². The van der Waals surface area contributed by atoms with Gasteiger partial charge in [0.05, 0.1) is 10.4 Å². The van der Waals surface area contributed by atoms with Crippen LogP contribution in [0.3, 0.4) is 0 Å². The van der Waals surface area contributed by atoms with E-state index in [2.05, 4.69) is 10.6 Å². The van der Waals surface area contributed by atoms with E-state index in [-0.39, 0.29) is 6.04 Å².